The zero-order chi connectivity index (χ0) is 14.8. The normalized spacial score (nSPS) is 17.6. The van der Waals surface area contributed by atoms with Crippen LogP contribution in [0.15, 0.2) is 12.1 Å². The Hall–Kier alpha value is -1.34. The zero-order valence-electron chi connectivity index (χ0n) is 11.3. The minimum atomic E-state index is -4.44. The van der Waals surface area contributed by atoms with Gasteiger partial charge in [-0.1, -0.05) is 6.07 Å². The van der Waals surface area contributed by atoms with E-state index in [1.165, 1.54) is 6.07 Å². The van der Waals surface area contributed by atoms with Crippen LogP contribution in [0.25, 0.3) is 0 Å². The smallest absolute Gasteiger partial charge is 0.381 e. The summed E-state index contributed by atoms with van der Waals surface area (Å²) in [4.78, 5) is 5.62. The van der Waals surface area contributed by atoms with Gasteiger partial charge in [0.25, 0.3) is 0 Å². The highest BCUT2D eigenvalue weighted by Gasteiger charge is 2.34. The van der Waals surface area contributed by atoms with Crippen LogP contribution < -0.4 is 10.6 Å². The van der Waals surface area contributed by atoms with Crippen molar-refractivity contribution in [2.24, 2.45) is 5.73 Å². The summed E-state index contributed by atoms with van der Waals surface area (Å²) >= 11 is 0. The van der Waals surface area contributed by atoms with E-state index in [2.05, 4.69) is 4.98 Å². The van der Waals surface area contributed by atoms with E-state index in [-0.39, 0.29) is 12.6 Å². The van der Waals surface area contributed by atoms with Gasteiger partial charge in [-0.05, 0) is 18.9 Å². The predicted octanol–water partition coefficient (Wildman–Crippen LogP) is 2.17. The molecule has 2 heterocycles. The molecule has 0 spiro atoms. The van der Waals surface area contributed by atoms with Crippen LogP contribution in [0, 0.1) is 0 Å². The molecule has 0 amide bonds. The molecule has 7 heteroatoms. The van der Waals surface area contributed by atoms with Gasteiger partial charge in [0.15, 0.2) is 0 Å². The summed E-state index contributed by atoms with van der Waals surface area (Å²) in [5, 5.41) is 0. The SMILES string of the molecule is COC1CCN(c2nc(C(F)(F)F)ccc2CN)CC1. The largest absolute Gasteiger partial charge is 0.433 e. The van der Waals surface area contributed by atoms with Gasteiger partial charge in [0.1, 0.15) is 11.5 Å². The monoisotopic (exact) mass is 289 g/mol. The molecule has 0 radical (unpaired) electrons. The van der Waals surface area contributed by atoms with Crippen molar-refractivity contribution in [2.75, 3.05) is 25.1 Å². The van der Waals surface area contributed by atoms with Crippen molar-refractivity contribution >= 4 is 5.82 Å². The second-order valence-corrected chi connectivity index (χ2v) is 4.80. The Bertz CT molecular complexity index is 457. The maximum absolute atomic E-state index is 12.8. The molecule has 112 valence electrons. The molecule has 0 aliphatic carbocycles. The number of ether oxygens (including phenoxy) is 1. The van der Waals surface area contributed by atoms with Crippen molar-refractivity contribution in [3.05, 3.63) is 23.4 Å². The Morgan fingerprint density at radius 2 is 2.00 bits per heavy atom. The van der Waals surface area contributed by atoms with Gasteiger partial charge in [-0.25, -0.2) is 4.98 Å². The Morgan fingerprint density at radius 3 is 2.50 bits per heavy atom. The summed E-state index contributed by atoms with van der Waals surface area (Å²) in [7, 11) is 1.65. The van der Waals surface area contributed by atoms with Crippen molar-refractivity contribution in [2.45, 2.75) is 31.7 Å². The molecular formula is C13H18F3N3O. The third kappa shape index (κ3) is 3.21. The first-order valence-electron chi connectivity index (χ1n) is 6.50. The molecule has 1 fully saturated rings. The number of rotatable bonds is 3. The molecule has 0 atom stereocenters. The molecule has 1 aliphatic rings. The summed E-state index contributed by atoms with van der Waals surface area (Å²) < 4.78 is 43.5. The molecule has 4 nitrogen and oxygen atoms in total. The van der Waals surface area contributed by atoms with Crippen LogP contribution in [0.4, 0.5) is 19.0 Å². The number of hydrogen-bond acceptors (Lipinski definition) is 4. The molecule has 0 aromatic carbocycles. The Balaban J connectivity index is 2.25. The third-order valence-corrected chi connectivity index (χ3v) is 3.54. The van der Waals surface area contributed by atoms with Crippen LogP contribution in [-0.4, -0.2) is 31.3 Å². The van der Waals surface area contributed by atoms with Gasteiger partial charge < -0.3 is 15.4 Å². The second-order valence-electron chi connectivity index (χ2n) is 4.80. The van der Waals surface area contributed by atoms with Gasteiger partial charge in [0.2, 0.25) is 0 Å². The molecule has 1 aromatic rings. The quantitative estimate of drug-likeness (QED) is 0.926. The Morgan fingerprint density at radius 1 is 1.35 bits per heavy atom. The lowest BCUT2D eigenvalue weighted by Crippen LogP contribution is -2.38. The van der Waals surface area contributed by atoms with Crippen LogP contribution >= 0.6 is 0 Å². The minimum Gasteiger partial charge on any atom is -0.381 e. The van der Waals surface area contributed by atoms with Gasteiger partial charge in [0.05, 0.1) is 6.10 Å². The standard InChI is InChI=1S/C13H18F3N3O/c1-20-10-4-6-19(7-5-10)12-9(8-17)2-3-11(18-12)13(14,15)16/h2-3,10H,4-8,17H2,1H3. The number of nitrogens with two attached hydrogens (primary N) is 1. The first kappa shape index (κ1) is 15.1. The lowest BCUT2D eigenvalue weighted by Gasteiger charge is -2.33. The first-order valence-corrected chi connectivity index (χ1v) is 6.50. The first-order chi connectivity index (χ1) is 9.45. The van der Waals surface area contributed by atoms with Gasteiger partial charge in [0, 0.05) is 32.3 Å². The number of methoxy groups -OCH3 is 1. The van der Waals surface area contributed by atoms with E-state index in [1.54, 1.807) is 7.11 Å². The average Bonchev–Trinajstić information content (AvgIpc) is 2.45. The number of nitrogens with zero attached hydrogens (tertiary/aromatic N) is 2. The highest BCUT2D eigenvalue weighted by atomic mass is 19.4. The van der Waals surface area contributed by atoms with Gasteiger partial charge in [-0.3, -0.25) is 0 Å². The van der Waals surface area contributed by atoms with Crippen LogP contribution in [0.3, 0.4) is 0 Å². The maximum Gasteiger partial charge on any atom is 0.433 e. The van der Waals surface area contributed by atoms with E-state index >= 15 is 0 Å². The molecule has 0 saturated carbocycles. The Labute approximate surface area is 115 Å². The highest BCUT2D eigenvalue weighted by Crippen LogP contribution is 2.31. The van der Waals surface area contributed by atoms with Gasteiger partial charge in [-0.15, -0.1) is 0 Å². The van der Waals surface area contributed by atoms with E-state index in [0.717, 1.165) is 18.9 Å². The maximum atomic E-state index is 12.8. The number of aromatic nitrogens is 1. The fourth-order valence-electron chi connectivity index (χ4n) is 2.37. The molecular weight excluding hydrogens is 271 g/mol. The van der Waals surface area contributed by atoms with Crippen LogP contribution in [0.1, 0.15) is 24.1 Å². The van der Waals surface area contributed by atoms with E-state index in [9.17, 15) is 13.2 Å². The van der Waals surface area contributed by atoms with Crippen LogP contribution in [0.5, 0.6) is 0 Å². The Kier molecular flexibility index (Phi) is 4.49. The molecule has 2 N–H and O–H groups in total. The van der Waals surface area contributed by atoms with Crippen molar-refractivity contribution in [3.63, 3.8) is 0 Å². The number of hydrogen-bond donors (Lipinski definition) is 1. The molecule has 0 bridgehead atoms. The molecule has 0 unspecified atom stereocenters. The van der Waals surface area contributed by atoms with Crippen molar-refractivity contribution in [1.82, 2.24) is 4.98 Å². The summed E-state index contributed by atoms with van der Waals surface area (Å²) in [6, 6.07) is 2.39. The summed E-state index contributed by atoms with van der Waals surface area (Å²) in [5.41, 5.74) is 5.35. The van der Waals surface area contributed by atoms with E-state index < -0.39 is 11.9 Å². The lowest BCUT2D eigenvalue weighted by molar-refractivity contribution is -0.141. The van der Waals surface area contributed by atoms with Crippen LogP contribution in [0.2, 0.25) is 0 Å². The topological polar surface area (TPSA) is 51.4 Å². The molecule has 2 rings (SSSR count). The zero-order valence-corrected chi connectivity index (χ0v) is 11.3. The molecule has 1 aromatic heterocycles. The van der Waals surface area contributed by atoms with Gasteiger partial charge in [-0.2, -0.15) is 13.2 Å². The van der Waals surface area contributed by atoms with E-state index in [4.69, 9.17) is 10.5 Å². The van der Waals surface area contributed by atoms with Crippen LogP contribution in [-0.2, 0) is 17.5 Å². The molecule has 1 aliphatic heterocycles. The number of alkyl halides is 3. The molecule has 1 saturated heterocycles. The minimum absolute atomic E-state index is 0.165. The second kappa shape index (κ2) is 5.97. The summed E-state index contributed by atoms with van der Waals surface area (Å²) in [6.45, 7) is 1.42. The lowest BCUT2D eigenvalue weighted by atomic mass is 10.1. The van der Waals surface area contributed by atoms with Crippen molar-refractivity contribution in [1.29, 1.82) is 0 Å². The third-order valence-electron chi connectivity index (χ3n) is 3.54. The van der Waals surface area contributed by atoms with E-state index in [1.807, 2.05) is 4.90 Å². The predicted molar refractivity (Wildman–Crippen MR) is 69.4 cm³/mol. The van der Waals surface area contributed by atoms with Crippen molar-refractivity contribution in [3.8, 4) is 0 Å². The summed E-state index contributed by atoms with van der Waals surface area (Å²) in [6.07, 6.45) is -2.72. The number of pyridine rings is 1. The fourth-order valence-corrected chi connectivity index (χ4v) is 2.37. The van der Waals surface area contributed by atoms with E-state index in [0.29, 0.717) is 24.5 Å². The molecule has 20 heavy (non-hydrogen) atoms. The summed E-state index contributed by atoms with van der Waals surface area (Å²) in [5.74, 6) is 0.344. The number of anilines is 1. The number of halogens is 3. The number of piperidine rings is 1. The average molecular weight is 289 g/mol. The highest BCUT2D eigenvalue weighted by molar-refractivity contribution is 5.48. The van der Waals surface area contributed by atoms with Crippen molar-refractivity contribution < 1.29 is 17.9 Å². The fraction of sp³-hybridized carbons (Fsp3) is 0.615. The van der Waals surface area contributed by atoms with Gasteiger partial charge >= 0.3 is 6.18 Å².